The summed E-state index contributed by atoms with van der Waals surface area (Å²) in [6.45, 7) is 5.93. The third-order valence-corrected chi connectivity index (χ3v) is 3.59. The third-order valence-electron chi connectivity index (χ3n) is 3.59. The number of hydrogen-bond donors (Lipinski definition) is 1. The fourth-order valence-electron chi connectivity index (χ4n) is 2.68. The molecule has 6 heteroatoms. The summed E-state index contributed by atoms with van der Waals surface area (Å²) < 4.78 is 16.2. The minimum Gasteiger partial charge on any atom is -0.454 e. The van der Waals surface area contributed by atoms with Gasteiger partial charge in [0.05, 0.1) is 12.2 Å². The molecule has 0 saturated carbocycles. The quantitative estimate of drug-likeness (QED) is 0.902. The van der Waals surface area contributed by atoms with Gasteiger partial charge in [0, 0.05) is 19.6 Å². The van der Waals surface area contributed by atoms with Crippen LogP contribution in [-0.2, 0) is 11.3 Å². The van der Waals surface area contributed by atoms with Gasteiger partial charge in [-0.3, -0.25) is 0 Å². The van der Waals surface area contributed by atoms with Crippen molar-refractivity contribution in [3.05, 3.63) is 23.8 Å². The molecule has 0 radical (unpaired) electrons. The van der Waals surface area contributed by atoms with Gasteiger partial charge < -0.3 is 24.4 Å². The van der Waals surface area contributed by atoms with E-state index in [1.54, 1.807) is 4.90 Å². The number of urea groups is 1. The summed E-state index contributed by atoms with van der Waals surface area (Å²) in [4.78, 5) is 14.0. The molecular weight excluding hydrogens is 272 g/mol. The van der Waals surface area contributed by atoms with Crippen LogP contribution >= 0.6 is 0 Å². The molecule has 1 aromatic rings. The van der Waals surface area contributed by atoms with Gasteiger partial charge in [-0.1, -0.05) is 6.07 Å². The fraction of sp³-hybridized carbons (Fsp3) is 0.533. The minimum absolute atomic E-state index is 0.0605. The number of nitrogens with one attached hydrogen (secondary N) is 1. The van der Waals surface area contributed by atoms with Crippen LogP contribution in [0.5, 0.6) is 11.5 Å². The molecule has 2 aliphatic heterocycles. The van der Waals surface area contributed by atoms with Gasteiger partial charge in [-0.2, -0.15) is 0 Å². The summed E-state index contributed by atoms with van der Waals surface area (Å²) in [6.07, 6.45) is 0.148. The highest BCUT2D eigenvalue weighted by molar-refractivity contribution is 5.74. The zero-order valence-corrected chi connectivity index (χ0v) is 12.3. The maximum absolute atomic E-state index is 12.2. The lowest BCUT2D eigenvalue weighted by molar-refractivity contribution is -0.0545. The Kier molecular flexibility index (Phi) is 3.88. The predicted octanol–water partition coefficient (Wildman–Crippen LogP) is 1.73. The van der Waals surface area contributed by atoms with Crippen LogP contribution in [0.15, 0.2) is 18.2 Å². The van der Waals surface area contributed by atoms with E-state index in [1.807, 2.05) is 32.0 Å². The van der Waals surface area contributed by atoms with E-state index < -0.39 is 0 Å². The highest BCUT2D eigenvalue weighted by Gasteiger charge is 2.25. The second-order valence-corrected chi connectivity index (χ2v) is 5.51. The minimum atomic E-state index is -0.0605. The van der Waals surface area contributed by atoms with Crippen LogP contribution in [0.1, 0.15) is 19.4 Å². The van der Waals surface area contributed by atoms with Crippen molar-refractivity contribution in [2.45, 2.75) is 32.6 Å². The standard InChI is InChI=1S/C15H20N2O4/c1-10-7-17(8-11(2)21-10)15(18)16-6-12-3-4-13-14(5-12)20-9-19-13/h3-5,10-11H,6-9H2,1-2H3,(H,16,18)/t10-,11-/m0/s1. The normalized spacial score (nSPS) is 24.0. The monoisotopic (exact) mass is 292 g/mol. The Morgan fingerprint density at radius 2 is 1.95 bits per heavy atom. The number of rotatable bonds is 2. The summed E-state index contributed by atoms with van der Waals surface area (Å²) in [5.41, 5.74) is 0.988. The molecule has 0 spiro atoms. The Balaban J connectivity index is 1.56. The van der Waals surface area contributed by atoms with Gasteiger partial charge in [-0.05, 0) is 31.5 Å². The second kappa shape index (κ2) is 5.81. The molecule has 1 N–H and O–H groups in total. The van der Waals surface area contributed by atoms with Crippen molar-refractivity contribution in [3.8, 4) is 11.5 Å². The first-order chi connectivity index (χ1) is 10.1. The lowest BCUT2D eigenvalue weighted by Crippen LogP contribution is -2.51. The highest BCUT2D eigenvalue weighted by Crippen LogP contribution is 2.32. The van der Waals surface area contributed by atoms with Crippen LogP contribution in [0.25, 0.3) is 0 Å². The molecule has 21 heavy (non-hydrogen) atoms. The first-order valence-corrected chi connectivity index (χ1v) is 7.18. The largest absolute Gasteiger partial charge is 0.454 e. The zero-order chi connectivity index (χ0) is 14.8. The van der Waals surface area contributed by atoms with Crippen LogP contribution in [0.4, 0.5) is 4.79 Å². The Bertz CT molecular complexity index is 524. The molecule has 2 heterocycles. The lowest BCUT2D eigenvalue weighted by atomic mass is 10.2. The number of fused-ring (bicyclic) bond motifs is 1. The molecule has 2 amide bonds. The number of carbonyl (C=O) groups excluding carboxylic acids is 1. The van der Waals surface area contributed by atoms with E-state index in [0.717, 1.165) is 17.1 Å². The van der Waals surface area contributed by atoms with Crippen LogP contribution < -0.4 is 14.8 Å². The average molecular weight is 292 g/mol. The van der Waals surface area contributed by atoms with Crippen molar-refractivity contribution in [2.75, 3.05) is 19.9 Å². The van der Waals surface area contributed by atoms with Crippen molar-refractivity contribution in [3.63, 3.8) is 0 Å². The maximum Gasteiger partial charge on any atom is 0.317 e. The third kappa shape index (κ3) is 3.21. The smallest absolute Gasteiger partial charge is 0.317 e. The summed E-state index contributed by atoms with van der Waals surface area (Å²) in [5.74, 6) is 1.48. The molecule has 6 nitrogen and oxygen atoms in total. The molecule has 114 valence electrons. The Morgan fingerprint density at radius 3 is 2.71 bits per heavy atom. The van der Waals surface area contributed by atoms with E-state index >= 15 is 0 Å². The van der Waals surface area contributed by atoms with Crippen LogP contribution in [0, 0.1) is 0 Å². The van der Waals surface area contributed by atoms with Gasteiger partial charge in [0.15, 0.2) is 11.5 Å². The molecule has 0 unspecified atom stereocenters. The van der Waals surface area contributed by atoms with Crippen LogP contribution in [0.3, 0.4) is 0 Å². The van der Waals surface area contributed by atoms with Gasteiger partial charge in [-0.15, -0.1) is 0 Å². The summed E-state index contributed by atoms with van der Waals surface area (Å²) in [5, 5.41) is 2.94. The molecule has 2 aliphatic rings. The molecule has 1 fully saturated rings. The molecular formula is C15H20N2O4. The lowest BCUT2D eigenvalue weighted by Gasteiger charge is -2.35. The SMILES string of the molecule is C[C@H]1CN(C(=O)NCc2ccc3c(c2)OCO3)C[C@H](C)O1. The van der Waals surface area contributed by atoms with Gasteiger partial charge in [0.25, 0.3) is 0 Å². The number of ether oxygens (including phenoxy) is 3. The van der Waals surface area contributed by atoms with E-state index in [4.69, 9.17) is 14.2 Å². The van der Waals surface area contributed by atoms with Crippen molar-refractivity contribution in [2.24, 2.45) is 0 Å². The number of benzene rings is 1. The van der Waals surface area contributed by atoms with Gasteiger partial charge in [0.2, 0.25) is 6.79 Å². The molecule has 0 bridgehead atoms. The zero-order valence-electron chi connectivity index (χ0n) is 12.3. The van der Waals surface area contributed by atoms with Crippen LogP contribution in [-0.4, -0.2) is 43.0 Å². The van der Waals surface area contributed by atoms with Crippen molar-refractivity contribution in [1.29, 1.82) is 0 Å². The van der Waals surface area contributed by atoms with E-state index in [-0.39, 0.29) is 25.0 Å². The van der Waals surface area contributed by atoms with Crippen LogP contribution in [0.2, 0.25) is 0 Å². The molecule has 2 atom stereocenters. The van der Waals surface area contributed by atoms with Gasteiger partial charge in [0.1, 0.15) is 0 Å². The van der Waals surface area contributed by atoms with Crippen molar-refractivity contribution >= 4 is 6.03 Å². The fourth-order valence-corrected chi connectivity index (χ4v) is 2.68. The molecule has 1 aromatic carbocycles. The molecule has 0 aromatic heterocycles. The Labute approximate surface area is 124 Å². The topological polar surface area (TPSA) is 60.0 Å². The predicted molar refractivity (Wildman–Crippen MR) is 76.4 cm³/mol. The molecule has 3 rings (SSSR count). The van der Waals surface area contributed by atoms with Crippen molar-refractivity contribution < 1.29 is 19.0 Å². The number of amides is 2. The van der Waals surface area contributed by atoms with E-state index in [2.05, 4.69) is 5.32 Å². The number of nitrogens with zero attached hydrogens (tertiary/aromatic N) is 1. The maximum atomic E-state index is 12.2. The van der Waals surface area contributed by atoms with Crippen molar-refractivity contribution in [1.82, 2.24) is 10.2 Å². The number of carbonyl (C=O) groups is 1. The summed E-state index contributed by atoms with van der Waals surface area (Å²) in [6, 6.07) is 5.63. The average Bonchev–Trinajstić information content (AvgIpc) is 2.91. The van der Waals surface area contributed by atoms with E-state index in [1.165, 1.54) is 0 Å². The van der Waals surface area contributed by atoms with Gasteiger partial charge in [-0.25, -0.2) is 4.79 Å². The summed E-state index contributed by atoms with van der Waals surface area (Å²) >= 11 is 0. The molecule has 0 aliphatic carbocycles. The number of morpholine rings is 1. The van der Waals surface area contributed by atoms with E-state index in [0.29, 0.717) is 19.6 Å². The van der Waals surface area contributed by atoms with Gasteiger partial charge >= 0.3 is 6.03 Å². The first kappa shape index (κ1) is 14.0. The van der Waals surface area contributed by atoms with E-state index in [9.17, 15) is 4.79 Å². The summed E-state index contributed by atoms with van der Waals surface area (Å²) in [7, 11) is 0. The Morgan fingerprint density at radius 1 is 1.24 bits per heavy atom. The second-order valence-electron chi connectivity index (χ2n) is 5.51. The molecule has 1 saturated heterocycles. The Hall–Kier alpha value is -1.95. The first-order valence-electron chi connectivity index (χ1n) is 7.18. The highest BCUT2D eigenvalue weighted by atomic mass is 16.7. The number of hydrogen-bond acceptors (Lipinski definition) is 4.